The molecule has 1 atom stereocenters. The molecule has 4 heteroatoms. The fourth-order valence-corrected chi connectivity index (χ4v) is 2.51. The largest absolute Gasteiger partial charge is 0.477 e. The lowest BCUT2D eigenvalue weighted by molar-refractivity contribution is 0.247. The third-order valence-electron chi connectivity index (χ3n) is 3.60. The second kappa shape index (κ2) is 5.97. The fourth-order valence-electron chi connectivity index (χ4n) is 2.51. The number of nitrogens with zero attached hydrogens (tertiary/aromatic N) is 2. The van der Waals surface area contributed by atoms with E-state index in [2.05, 4.69) is 15.3 Å². The van der Waals surface area contributed by atoms with E-state index >= 15 is 0 Å². The first-order valence-electron chi connectivity index (χ1n) is 6.97. The summed E-state index contributed by atoms with van der Waals surface area (Å²) in [5, 5.41) is 3.42. The maximum Gasteiger partial charge on any atom is 0.232 e. The summed E-state index contributed by atoms with van der Waals surface area (Å²) in [6.07, 6.45) is 5.38. The summed E-state index contributed by atoms with van der Waals surface area (Å²) in [7, 11) is 0. The molecule has 0 spiro atoms. The van der Waals surface area contributed by atoms with E-state index in [4.69, 9.17) is 4.74 Å². The Morgan fingerprint density at radius 2 is 2.16 bits per heavy atom. The van der Waals surface area contributed by atoms with Gasteiger partial charge in [0.15, 0.2) is 0 Å². The lowest BCUT2D eigenvalue weighted by Crippen LogP contribution is -2.30. The van der Waals surface area contributed by atoms with E-state index in [-0.39, 0.29) is 0 Å². The van der Waals surface area contributed by atoms with Crippen molar-refractivity contribution in [3.8, 4) is 5.88 Å². The molecule has 0 radical (unpaired) electrons. The molecule has 1 aromatic carbocycles. The predicted molar refractivity (Wildman–Crippen MR) is 75.2 cm³/mol. The van der Waals surface area contributed by atoms with Crippen LogP contribution in [0.3, 0.4) is 0 Å². The van der Waals surface area contributed by atoms with Crippen molar-refractivity contribution in [2.75, 3.05) is 19.7 Å². The van der Waals surface area contributed by atoms with Gasteiger partial charge in [0.05, 0.1) is 23.8 Å². The van der Waals surface area contributed by atoms with Gasteiger partial charge in [-0.1, -0.05) is 12.1 Å². The topological polar surface area (TPSA) is 47.0 Å². The second-order valence-electron chi connectivity index (χ2n) is 5.05. The molecule has 2 aromatic rings. The van der Waals surface area contributed by atoms with Crippen LogP contribution in [0.1, 0.15) is 19.3 Å². The van der Waals surface area contributed by atoms with E-state index in [0.29, 0.717) is 5.88 Å². The minimum atomic E-state index is 0.627. The third-order valence-corrected chi connectivity index (χ3v) is 3.60. The van der Waals surface area contributed by atoms with Crippen molar-refractivity contribution in [3.05, 3.63) is 30.5 Å². The van der Waals surface area contributed by atoms with E-state index in [1.165, 1.54) is 12.8 Å². The molecule has 1 saturated heterocycles. The van der Waals surface area contributed by atoms with E-state index < -0.39 is 0 Å². The lowest BCUT2D eigenvalue weighted by Gasteiger charge is -2.22. The van der Waals surface area contributed by atoms with Crippen LogP contribution in [0, 0.1) is 5.92 Å². The summed E-state index contributed by atoms with van der Waals surface area (Å²) in [5.41, 5.74) is 1.80. The maximum atomic E-state index is 5.72. The standard InChI is InChI=1S/C15H19N3O/c1-2-6-14-13(5-1)17-11-15(18-14)19-9-7-12-4-3-8-16-10-12/h1-2,5-6,11-12,16H,3-4,7-10H2/t12-/m1/s1. The molecule has 0 unspecified atom stereocenters. The summed E-state index contributed by atoms with van der Waals surface area (Å²) in [4.78, 5) is 8.80. The van der Waals surface area contributed by atoms with Gasteiger partial charge in [-0.05, 0) is 50.4 Å². The van der Waals surface area contributed by atoms with E-state index in [9.17, 15) is 0 Å². The first-order chi connectivity index (χ1) is 9.42. The van der Waals surface area contributed by atoms with Crippen LogP contribution >= 0.6 is 0 Å². The number of piperidine rings is 1. The molecule has 2 heterocycles. The molecule has 19 heavy (non-hydrogen) atoms. The third kappa shape index (κ3) is 3.20. The van der Waals surface area contributed by atoms with Gasteiger partial charge < -0.3 is 10.1 Å². The van der Waals surface area contributed by atoms with Gasteiger partial charge in [0, 0.05) is 0 Å². The highest BCUT2D eigenvalue weighted by molar-refractivity contribution is 5.73. The molecule has 1 aliphatic rings. The molecule has 0 aliphatic carbocycles. The zero-order valence-electron chi connectivity index (χ0n) is 11.0. The minimum Gasteiger partial charge on any atom is -0.477 e. The Labute approximate surface area is 113 Å². The Kier molecular flexibility index (Phi) is 3.89. The summed E-state index contributed by atoms with van der Waals surface area (Å²) in [6.45, 7) is 3.00. The van der Waals surface area contributed by atoms with Gasteiger partial charge in [0.2, 0.25) is 5.88 Å². The van der Waals surface area contributed by atoms with Gasteiger partial charge in [-0.3, -0.25) is 0 Å². The lowest BCUT2D eigenvalue weighted by atomic mass is 9.97. The van der Waals surface area contributed by atoms with Gasteiger partial charge >= 0.3 is 0 Å². The molecule has 0 amide bonds. The molecule has 1 aromatic heterocycles. The minimum absolute atomic E-state index is 0.627. The Bertz CT molecular complexity index is 538. The summed E-state index contributed by atoms with van der Waals surface area (Å²) in [6, 6.07) is 7.85. The molecule has 1 aliphatic heterocycles. The Hall–Kier alpha value is -1.68. The van der Waals surface area contributed by atoms with Crippen LogP contribution in [-0.2, 0) is 0 Å². The zero-order chi connectivity index (χ0) is 12.9. The maximum absolute atomic E-state index is 5.72. The summed E-state index contributed by atoms with van der Waals surface area (Å²) >= 11 is 0. The average Bonchev–Trinajstić information content (AvgIpc) is 2.48. The smallest absolute Gasteiger partial charge is 0.232 e. The number of hydrogen-bond acceptors (Lipinski definition) is 4. The second-order valence-corrected chi connectivity index (χ2v) is 5.05. The van der Waals surface area contributed by atoms with Crippen molar-refractivity contribution in [2.45, 2.75) is 19.3 Å². The Morgan fingerprint density at radius 1 is 1.26 bits per heavy atom. The highest BCUT2D eigenvalue weighted by Gasteiger charge is 2.12. The van der Waals surface area contributed by atoms with E-state index in [1.807, 2.05) is 24.3 Å². The number of hydrogen-bond donors (Lipinski definition) is 1. The monoisotopic (exact) mass is 257 g/mol. The average molecular weight is 257 g/mol. The van der Waals surface area contributed by atoms with Crippen LogP contribution in [0.4, 0.5) is 0 Å². The van der Waals surface area contributed by atoms with Crippen LogP contribution in [0.5, 0.6) is 5.88 Å². The fraction of sp³-hybridized carbons (Fsp3) is 0.467. The van der Waals surface area contributed by atoms with E-state index in [0.717, 1.165) is 43.1 Å². The molecule has 0 bridgehead atoms. The normalized spacial score (nSPS) is 19.5. The highest BCUT2D eigenvalue weighted by Crippen LogP contribution is 2.16. The van der Waals surface area contributed by atoms with Crippen molar-refractivity contribution < 1.29 is 4.74 Å². The molecular formula is C15H19N3O. The quantitative estimate of drug-likeness (QED) is 0.913. The Morgan fingerprint density at radius 3 is 3.00 bits per heavy atom. The first kappa shape index (κ1) is 12.4. The SMILES string of the molecule is c1ccc2nc(OCC[C@H]3CCCNC3)cnc2c1. The van der Waals surface area contributed by atoms with Crippen molar-refractivity contribution >= 4 is 11.0 Å². The molecule has 1 N–H and O–H groups in total. The summed E-state index contributed by atoms with van der Waals surface area (Å²) in [5.74, 6) is 1.37. The molecular weight excluding hydrogens is 238 g/mol. The van der Waals surface area contributed by atoms with Crippen LogP contribution in [-0.4, -0.2) is 29.7 Å². The highest BCUT2D eigenvalue weighted by atomic mass is 16.5. The van der Waals surface area contributed by atoms with Gasteiger partial charge in [0.25, 0.3) is 0 Å². The number of fused-ring (bicyclic) bond motifs is 1. The number of benzene rings is 1. The van der Waals surface area contributed by atoms with Crippen molar-refractivity contribution in [1.82, 2.24) is 15.3 Å². The number of ether oxygens (including phenoxy) is 1. The van der Waals surface area contributed by atoms with Crippen LogP contribution in [0.25, 0.3) is 11.0 Å². The van der Waals surface area contributed by atoms with Gasteiger partial charge in [-0.2, -0.15) is 0 Å². The number of nitrogens with one attached hydrogen (secondary N) is 1. The van der Waals surface area contributed by atoms with Crippen LogP contribution in [0.15, 0.2) is 30.5 Å². The number of para-hydroxylation sites is 2. The number of aromatic nitrogens is 2. The zero-order valence-corrected chi connectivity index (χ0v) is 11.0. The van der Waals surface area contributed by atoms with E-state index in [1.54, 1.807) is 6.20 Å². The predicted octanol–water partition coefficient (Wildman–Crippen LogP) is 2.40. The molecule has 4 nitrogen and oxygen atoms in total. The summed E-state index contributed by atoms with van der Waals surface area (Å²) < 4.78 is 5.72. The molecule has 3 rings (SSSR count). The van der Waals surface area contributed by atoms with Crippen molar-refractivity contribution in [3.63, 3.8) is 0 Å². The number of rotatable bonds is 4. The van der Waals surface area contributed by atoms with Crippen LogP contribution < -0.4 is 10.1 Å². The van der Waals surface area contributed by atoms with Gasteiger partial charge in [-0.15, -0.1) is 0 Å². The molecule has 0 saturated carbocycles. The molecule has 1 fully saturated rings. The van der Waals surface area contributed by atoms with Crippen molar-refractivity contribution in [2.24, 2.45) is 5.92 Å². The van der Waals surface area contributed by atoms with Crippen molar-refractivity contribution in [1.29, 1.82) is 0 Å². The Balaban J connectivity index is 1.56. The van der Waals surface area contributed by atoms with Gasteiger partial charge in [-0.25, -0.2) is 9.97 Å². The molecule has 100 valence electrons. The van der Waals surface area contributed by atoms with Crippen LogP contribution in [0.2, 0.25) is 0 Å². The first-order valence-corrected chi connectivity index (χ1v) is 6.97. The van der Waals surface area contributed by atoms with Gasteiger partial charge in [0.1, 0.15) is 0 Å².